The summed E-state index contributed by atoms with van der Waals surface area (Å²) < 4.78 is 13.2. The number of ether oxygens (including phenoxy) is 2. The van der Waals surface area contributed by atoms with Gasteiger partial charge < -0.3 is 24.3 Å². The highest BCUT2D eigenvalue weighted by molar-refractivity contribution is 5.94. The Morgan fingerprint density at radius 2 is 1.90 bits per heavy atom. The van der Waals surface area contributed by atoms with Gasteiger partial charge in [-0.25, -0.2) is 4.98 Å². The van der Waals surface area contributed by atoms with Crippen molar-refractivity contribution in [2.75, 3.05) is 31.6 Å². The monoisotopic (exact) mass is 404 g/mol. The summed E-state index contributed by atoms with van der Waals surface area (Å²) in [6.45, 7) is 2.61. The van der Waals surface area contributed by atoms with Gasteiger partial charge in [-0.2, -0.15) is 0 Å². The summed E-state index contributed by atoms with van der Waals surface area (Å²) >= 11 is 0. The predicted octanol–water partition coefficient (Wildman–Crippen LogP) is 3.36. The molecule has 2 aliphatic rings. The zero-order valence-electron chi connectivity index (χ0n) is 16.7. The molecule has 0 saturated carbocycles. The minimum absolute atomic E-state index is 0.0702. The molecule has 2 aliphatic heterocycles. The number of carbonyl (C=O) groups excluding carboxylic acids is 1. The summed E-state index contributed by atoms with van der Waals surface area (Å²) in [4.78, 5) is 19.0. The fraction of sp³-hybridized carbons (Fsp3) is 0.304. The first kappa shape index (κ1) is 18.5. The van der Waals surface area contributed by atoms with Crippen LogP contribution in [0.25, 0.3) is 5.69 Å². The first-order valence-electron chi connectivity index (χ1n) is 10.3. The fourth-order valence-corrected chi connectivity index (χ4v) is 4.02. The number of hydrogen-bond acceptors (Lipinski definition) is 5. The minimum atomic E-state index is 0.0702. The second-order valence-electron chi connectivity index (χ2n) is 7.61. The van der Waals surface area contributed by atoms with Crippen LogP contribution in [0.2, 0.25) is 0 Å². The quantitative estimate of drug-likeness (QED) is 0.722. The van der Waals surface area contributed by atoms with E-state index in [1.807, 2.05) is 58.1 Å². The molecule has 2 aromatic carbocycles. The van der Waals surface area contributed by atoms with E-state index in [0.29, 0.717) is 25.3 Å². The SMILES string of the molecule is O=C(c1ccc(-n2ccnc2)cc1)N1CCC[C@H](Nc2ccc3c(c2)OCCO3)C1. The molecule has 0 radical (unpaired) electrons. The molecule has 3 heterocycles. The molecule has 7 nitrogen and oxygen atoms in total. The molecule has 0 spiro atoms. The highest BCUT2D eigenvalue weighted by Gasteiger charge is 2.25. The maximum Gasteiger partial charge on any atom is 0.253 e. The van der Waals surface area contributed by atoms with Gasteiger partial charge in [-0.15, -0.1) is 0 Å². The van der Waals surface area contributed by atoms with Crippen LogP contribution in [0.3, 0.4) is 0 Å². The third kappa shape index (κ3) is 3.83. The van der Waals surface area contributed by atoms with Gasteiger partial charge in [-0.1, -0.05) is 0 Å². The van der Waals surface area contributed by atoms with E-state index in [-0.39, 0.29) is 11.9 Å². The largest absolute Gasteiger partial charge is 0.486 e. The summed E-state index contributed by atoms with van der Waals surface area (Å²) in [6, 6.07) is 13.8. The van der Waals surface area contributed by atoms with Crippen LogP contribution in [0, 0.1) is 0 Å². The number of carbonyl (C=O) groups is 1. The zero-order valence-corrected chi connectivity index (χ0v) is 16.7. The maximum absolute atomic E-state index is 13.0. The molecule has 1 atom stereocenters. The lowest BCUT2D eigenvalue weighted by atomic mass is 10.0. The second kappa shape index (κ2) is 8.10. The molecule has 1 aromatic heterocycles. The van der Waals surface area contributed by atoms with E-state index in [9.17, 15) is 4.79 Å². The zero-order chi connectivity index (χ0) is 20.3. The van der Waals surface area contributed by atoms with Crippen LogP contribution < -0.4 is 14.8 Å². The van der Waals surface area contributed by atoms with E-state index in [4.69, 9.17) is 9.47 Å². The van der Waals surface area contributed by atoms with Crippen molar-refractivity contribution in [1.29, 1.82) is 0 Å². The molecule has 1 amide bonds. The van der Waals surface area contributed by atoms with Crippen LogP contribution in [0.5, 0.6) is 11.5 Å². The number of fused-ring (bicyclic) bond motifs is 1. The lowest BCUT2D eigenvalue weighted by molar-refractivity contribution is 0.0715. The normalized spacial score (nSPS) is 18.1. The molecule has 154 valence electrons. The third-order valence-corrected chi connectivity index (χ3v) is 5.54. The molecule has 30 heavy (non-hydrogen) atoms. The number of nitrogens with zero attached hydrogens (tertiary/aromatic N) is 3. The van der Waals surface area contributed by atoms with Gasteiger partial charge in [-0.3, -0.25) is 4.79 Å². The summed E-state index contributed by atoms with van der Waals surface area (Å²) in [6.07, 6.45) is 7.37. The van der Waals surface area contributed by atoms with Gasteiger partial charge in [0.2, 0.25) is 0 Å². The average molecular weight is 404 g/mol. The molecule has 1 saturated heterocycles. The number of amides is 1. The Hall–Kier alpha value is -3.48. The van der Waals surface area contributed by atoms with E-state index >= 15 is 0 Å². The van der Waals surface area contributed by atoms with Crippen LogP contribution in [0.4, 0.5) is 5.69 Å². The molecule has 0 unspecified atom stereocenters. The van der Waals surface area contributed by atoms with Crippen molar-refractivity contribution in [1.82, 2.24) is 14.5 Å². The molecular formula is C23H24N4O3. The predicted molar refractivity (Wildman–Crippen MR) is 114 cm³/mol. The van der Waals surface area contributed by atoms with Crippen molar-refractivity contribution in [3.63, 3.8) is 0 Å². The van der Waals surface area contributed by atoms with Crippen LogP contribution in [-0.4, -0.2) is 52.7 Å². The topological polar surface area (TPSA) is 68.6 Å². The van der Waals surface area contributed by atoms with Gasteiger partial charge in [0.1, 0.15) is 13.2 Å². The van der Waals surface area contributed by atoms with Gasteiger partial charge in [0.25, 0.3) is 5.91 Å². The Kier molecular flexibility index (Phi) is 5.01. The summed E-state index contributed by atoms with van der Waals surface area (Å²) in [5.74, 6) is 1.63. The lowest BCUT2D eigenvalue weighted by Gasteiger charge is -2.34. The van der Waals surface area contributed by atoms with Gasteiger partial charge in [0, 0.05) is 54.5 Å². The number of nitrogens with one attached hydrogen (secondary N) is 1. The number of imidazole rings is 1. The van der Waals surface area contributed by atoms with Crippen molar-refractivity contribution in [3.8, 4) is 17.2 Å². The number of likely N-dealkylation sites (tertiary alicyclic amines) is 1. The molecule has 7 heteroatoms. The summed E-state index contributed by atoms with van der Waals surface area (Å²) in [5, 5.41) is 3.56. The number of piperidine rings is 1. The van der Waals surface area contributed by atoms with Gasteiger partial charge in [0.05, 0.1) is 6.33 Å². The van der Waals surface area contributed by atoms with Crippen molar-refractivity contribution in [2.24, 2.45) is 0 Å². The Labute approximate surface area is 175 Å². The van der Waals surface area contributed by atoms with Crippen LogP contribution in [-0.2, 0) is 0 Å². The van der Waals surface area contributed by atoms with Crippen molar-refractivity contribution in [2.45, 2.75) is 18.9 Å². The molecule has 1 N–H and O–H groups in total. The number of anilines is 1. The third-order valence-electron chi connectivity index (χ3n) is 5.54. The van der Waals surface area contributed by atoms with E-state index in [1.54, 1.807) is 12.5 Å². The number of hydrogen-bond donors (Lipinski definition) is 1. The Morgan fingerprint density at radius 3 is 2.70 bits per heavy atom. The van der Waals surface area contributed by atoms with E-state index in [1.165, 1.54) is 0 Å². The number of benzene rings is 2. The summed E-state index contributed by atoms with van der Waals surface area (Å²) in [5.41, 5.74) is 2.68. The molecule has 0 aliphatic carbocycles. The number of rotatable bonds is 4. The van der Waals surface area contributed by atoms with Crippen LogP contribution in [0.15, 0.2) is 61.2 Å². The minimum Gasteiger partial charge on any atom is -0.486 e. The Bertz CT molecular complexity index is 1020. The van der Waals surface area contributed by atoms with Crippen molar-refractivity contribution in [3.05, 3.63) is 66.7 Å². The molecule has 3 aromatic rings. The van der Waals surface area contributed by atoms with E-state index < -0.39 is 0 Å². The smallest absolute Gasteiger partial charge is 0.253 e. The van der Waals surface area contributed by atoms with Gasteiger partial charge in [0.15, 0.2) is 11.5 Å². The maximum atomic E-state index is 13.0. The molecule has 5 rings (SSSR count). The highest BCUT2D eigenvalue weighted by atomic mass is 16.6. The highest BCUT2D eigenvalue weighted by Crippen LogP contribution is 2.33. The molecule has 0 bridgehead atoms. The van der Waals surface area contributed by atoms with Crippen molar-refractivity contribution < 1.29 is 14.3 Å². The first-order chi connectivity index (χ1) is 14.8. The van der Waals surface area contributed by atoms with E-state index in [0.717, 1.165) is 42.3 Å². The van der Waals surface area contributed by atoms with Crippen molar-refractivity contribution >= 4 is 11.6 Å². The van der Waals surface area contributed by atoms with Crippen LogP contribution >= 0.6 is 0 Å². The molecule has 1 fully saturated rings. The number of aromatic nitrogens is 2. The first-order valence-corrected chi connectivity index (χ1v) is 10.3. The van der Waals surface area contributed by atoms with Crippen LogP contribution in [0.1, 0.15) is 23.2 Å². The lowest BCUT2D eigenvalue weighted by Crippen LogP contribution is -2.45. The van der Waals surface area contributed by atoms with Gasteiger partial charge in [-0.05, 0) is 49.2 Å². The average Bonchev–Trinajstić information content (AvgIpc) is 3.34. The fourth-order valence-electron chi connectivity index (χ4n) is 4.02. The van der Waals surface area contributed by atoms with Gasteiger partial charge >= 0.3 is 0 Å². The second-order valence-corrected chi connectivity index (χ2v) is 7.61. The molecular weight excluding hydrogens is 380 g/mol. The summed E-state index contributed by atoms with van der Waals surface area (Å²) in [7, 11) is 0. The Morgan fingerprint density at radius 1 is 1.07 bits per heavy atom. The standard InChI is InChI=1S/C23H24N4O3/c28-23(17-3-6-20(7-4-17)27-11-9-24-16-27)26-10-1-2-19(15-26)25-18-5-8-21-22(14-18)30-13-12-29-21/h3-9,11,14,16,19,25H,1-2,10,12-13,15H2/t19-/m0/s1. The van der Waals surface area contributed by atoms with E-state index in [2.05, 4.69) is 10.3 Å². The Balaban J connectivity index is 1.24.